The van der Waals surface area contributed by atoms with Gasteiger partial charge in [0.1, 0.15) is 6.54 Å². The zero-order chi connectivity index (χ0) is 19.0. The highest BCUT2D eigenvalue weighted by Crippen LogP contribution is 2.18. The van der Waals surface area contributed by atoms with Gasteiger partial charge in [-0.05, 0) is 25.1 Å². The Hall–Kier alpha value is -3.62. The van der Waals surface area contributed by atoms with E-state index in [0.29, 0.717) is 23.9 Å². The first-order chi connectivity index (χ1) is 13.1. The van der Waals surface area contributed by atoms with Gasteiger partial charge in [-0.3, -0.25) is 4.79 Å². The predicted octanol–water partition coefficient (Wildman–Crippen LogP) is 1.51. The van der Waals surface area contributed by atoms with Crippen LogP contribution in [0.25, 0.3) is 16.8 Å². The Bertz CT molecular complexity index is 1190. The number of hydrogen-bond donors (Lipinski definition) is 1. The van der Waals surface area contributed by atoms with E-state index in [-0.39, 0.29) is 18.1 Å². The van der Waals surface area contributed by atoms with Gasteiger partial charge in [0.05, 0.1) is 30.0 Å². The average Bonchev–Trinajstić information content (AvgIpc) is 3.16. The number of hydrogen-bond acceptors (Lipinski definition) is 5. The van der Waals surface area contributed by atoms with E-state index in [1.807, 2.05) is 35.8 Å². The molecule has 0 aliphatic carbocycles. The van der Waals surface area contributed by atoms with E-state index in [0.717, 1.165) is 11.0 Å². The van der Waals surface area contributed by atoms with Crippen LogP contribution < -0.4 is 15.7 Å². The van der Waals surface area contributed by atoms with Gasteiger partial charge in [-0.1, -0.05) is 12.1 Å². The van der Waals surface area contributed by atoms with Crippen molar-refractivity contribution in [2.24, 2.45) is 0 Å². The second-order valence-corrected chi connectivity index (χ2v) is 5.95. The fourth-order valence-electron chi connectivity index (χ4n) is 3.10. The molecule has 0 unspecified atom stereocenters. The van der Waals surface area contributed by atoms with Gasteiger partial charge in [0.15, 0.2) is 0 Å². The summed E-state index contributed by atoms with van der Waals surface area (Å²) < 4.78 is 9.62. The number of methoxy groups -OCH3 is 1. The molecule has 0 fully saturated rings. The summed E-state index contributed by atoms with van der Waals surface area (Å²) in [6, 6.07) is 10.9. The molecular formula is C18H18N6O3. The first-order valence-corrected chi connectivity index (χ1v) is 8.49. The molecule has 4 rings (SSSR count). The molecule has 1 amide bonds. The molecule has 9 nitrogen and oxygen atoms in total. The van der Waals surface area contributed by atoms with Crippen LogP contribution in [0.5, 0.6) is 5.88 Å². The molecule has 0 saturated carbocycles. The lowest BCUT2D eigenvalue weighted by molar-refractivity contribution is -0.117. The van der Waals surface area contributed by atoms with Gasteiger partial charge < -0.3 is 14.6 Å². The predicted molar refractivity (Wildman–Crippen MR) is 100 cm³/mol. The minimum Gasteiger partial charge on any atom is -0.481 e. The largest absolute Gasteiger partial charge is 0.481 e. The van der Waals surface area contributed by atoms with E-state index in [4.69, 9.17) is 4.74 Å². The molecule has 0 spiro atoms. The van der Waals surface area contributed by atoms with Crippen LogP contribution in [0.4, 0.5) is 5.69 Å². The van der Waals surface area contributed by atoms with Gasteiger partial charge in [0, 0.05) is 12.6 Å². The van der Waals surface area contributed by atoms with Crippen molar-refractivity contribution in [3.05, 3.63) is 53.1 Å². The summed E-state index contributed by atoms with van der Waals surface area (Å²) in [5.41, 5.74) is 1.86. The molecule has 1 N–H and O–H groups in total. The van der Waals surface area contributed by atoms with Gasteiger partial charge in [0.25, 0.3) is 0 Å². The number of pyridine rings is 1. The standard InChI is InChI=1S/C18H18N6O3/c1-3-22-13-6-4-5-7-14(13)24-17(22)21-23(18(24)26)11-15(25)20-12-8-9-16(27-2)19-10-12/h4-10H,3,11H2,1-2H3,(H,20,25). The van der Waals surface area contributed by atoms with Crippen molar-refractivity contribution in [3.8, 4) is 5.88 Å². The molecule has 0 aliphatic heterocycles. The third kappa shape index (κ3) is 2.82. The van der Waals surface area contributed by atoms with Crippen molar-refractivity contribution in [3.63, 3.8) is 0 Å². The zero-order valence-corrected chi connectivity index (χ0v) is 14.9. The normalized spacial score (nSPS) is 11.2. The SMILES string of the molecule is CCn1c2ccccc2n2c(=O)n(CC(=O)Nc3ccc(OC)nc3)nc12. The molecule has 0 saturated heterocycles. The third-order valence-electron chi connectivity index (χ3n) is 4.32. The maximum Gasteiger partial charge on any atom is 0.352 e. The Morgan fingerprint density at radius 1 is 1.19 bits per heavy atom. The first-order valence-electron chi connectivity index (χ1n) is 8.49. The van der Waals surface area contributed by atoms with Crippen LogP contribution >= 0.6 is 0 Å². The van der Waals surface area contributed by atoms with Crippen LogP contribution in [0.1, 0.15) is 6.92 Å². The van der Waals surface area contributed by atoms with Crippen molar-refractivity contribution >= 4 is 28.4 Å². The van der Waals surface area contributed by atoms with E-state index in [1.54, 1.807) is 12.1 Å². The molecule has 4 aromatic rings. The second kappa shape index (κ2) is 6.60. The van der Waals surface area contributed by atoms with Crippen molar-refractivity contribution in [1.82, 2.24) is 23.7 Å². The van der Waals surface area contributed by atoms with Crippen LogP contribution in [0.3, 0.4) is 0 Å². The van der Waals surface area contributed by atoms with Crippen molar-refractivity contribution in [1.29, 1.82) is 0 Å². The molecule has 9 heteroatoms. The summed E-state index contributed by atoms with van der Waals surface area (Å²) in [5, 5.41) is 7.06. The van der Waals surface area contributed by atoms with E-state index < -0.39 is 0 Å². The van der Waals surface area contributed by atoms with Crippen LogP contribution in [0.2, 0.25) is 0 Å². The maximum atomic E-state index is 12.8. The number of nitrogens with one attached hydrogen (secondary N) is 1. The maximum absolute atomic E-state index is 12.8. The lowest BCUT2D eigenvalue weighted by atomic mass is 10.3. The van der Waals surface area contributed by atoms with E-state index >= 15 is 0 Å². The zero-order valence-electron chi connectivity index (χ0n) is 14.9. The van der Waals surface area contributed by atoms with E-state index in [1.165, 1.54) is 22.4 Å². The van der Waals surface area contributed by atoms with Gasteiger partial charge >= 0.3 is 5.69 Å². The number of para-hydroxylation sites is 2. The lowest BCUT2D eigenvalue weighted by Crippen LogP contribution is -2.28. The fraction of sp³-hybridized carbons (Fsp3) is 0.222. The summed E-state index contributed by atoms with van der Waals surface area (Å²) >= 11 is 0. The third-order valence-corrected chi connectivity index (χ3v) is 4.32. The van der Waals surface area contributed by atoms with Gasteiger partial charge in [-0.2, -0.15) is 0 Å². The lowest BCUT2D eigenvalue weighted by Gasteiger charge is -2.05. The number of fused-ring (bicyclic) bond motifs is 3. The molecule has 3 aromatic heterocycles. The Kier molecular flexibility index (Phi) is 4.11. The number of ether oxygens (including phenoxy) is 1. The number of carbonyl (C=O) groups excluding carboxylic acids is 1. The summed E-state index contributed by atoms with van der Waals surface area (Å²) in [5.74, 6) is 0.604. The summed E-state index contributed by atoms with van der Waals surface area (Å²) in [4.78, 5) is 29.1. The molecular weight excluding hydrogens is 348 g/mol. The van der Waals surface area contributed by atoms with Crippen molar-refractivity contribution < 1.29 is 9.53 Å². The summed E-state index contributed by atoms with van der Waals surface area (Å²) in [7, 11) is 1.52. The Labute approximate surface area is 153 Å². The minimum atomic E-state index is -0.364. The van der Waals surface area contributed by atoms with Crippen LogP contribution in [0, 0.1) is 0 Å². The molecule has 27 heavy (non-hydrogen) atoms. The van der Waals surface area contributed by atoms with Crippen molar-refractivity contribution in [2.75, 3.05) is 12.4 Å². The van der Waals surface area contributed by atoms with Gasteiger partial charge in [-0.25, -0.2) is 18.9 Å². The highest BCUT2D eigenvalue weighted by Gasteiger charge is 2.18. The highest BCUT2D eigenvalue weighted by molar-refractivity contribution is 5.90. The topological polar surface area (TPSA) is 95.5 Å². The molecule has 0 radical (unpaired) electrons. The average molecular weight is 366 g/mol. The van der Waals surface area contributed by atoms with Crippen LogP contribution in [-0.2, 0) is 17.9 Å². The Balaban J connectivity index is 1.65. The highest BCUT2D eigenvalue weighted by atomic mass is 16.5. The second-order valence-electron chi connectivity index (χ2n) is 5.95. The van der Waals surface area contributed by atoms with E-state index in [2.05, 4.69) is 15.4 Å². The van der Waals surface area contributed by atoms with E-state index in [9.17, 15) is 9.59 Å². The van der Waals surface area contributed by atoms with Crippen molar-refractivity contribution in [2.45, 2.75) is 20.0 Å². The number of imidazole rings is 1. The number of benzene rings is 1. The van der Waals surface area contributed by atoms with Gasteiger partial charge in [0.2, 0.25) is 17.6 Å². The summed E-state index contributed by atoms with van der Waals surface area (Å²) in [6.45, 7) is 2.46. The van der Waals surface area contributed by atoms with Crippen LogP contribution in [-0.4, -0.2) is 36.7 Å². The quantitative estimate of drug-likeness (QED) is 0.578. The molecule has 1 aromatic carbocycles. The monoisotopic (exact) mass is 366 g/mol. The molecule has 3 heterocycles. The fourth-order valence-corrected chi connectivity index (χ4v) is 3.10. The number of aryl methyl sites for hydroxylation is 1. The number of amides is 1. The summed E-state index contributed by atoms with van der Waals surface area (Å²) in [6.07, 6.45) is 1.49. The minimum absolute atomic E-state index is 0.190. The number of aromatic nitrogens is 5. The Morgan fingerprint density at radius 3 is 2.63 bits per heavy atom. The molecule has 138 valence electrons. The molecule has 0 bridgehead atoms. The number of carbonyl (C=O) groups is 1. The molecule has 0 atom stereocenters. The van der Waals surface area contributed by atoms with Gasteiger partial charge in [-0.15, -0.1) is 5.10 Å². The number of anilines is 1. The molecule has 0 aliphatic rings. The smallest absolute Gasteiger partial charge is 0.352 e. The Morgan fingerprint density at radius 2 is 1.96 bits per heavy atom. The van der Waals surface area contributed by atoms with Crippen LogP contribution in [0.15, 0.2) is 47.4 Å². The first kappa shape index (κ1) is 16.8. The number of nitrogens with zero attached hydrogens (tertiary/aromatic N) is 5. The number of rotatable bonds is 5.